The molecule has 2 aromatic rings. The molecular weight excluding hydrogens is 336 g/mol. The minimum Gasteiger partial charge on any atom is -0.495 e. The quantitative estimate of drug-likeness (QED) is 0.804. The lowest BCUT2D eigenvalue weighted by Gasteiger charge is -2.21. The molecule has 136 valence electrons. The van der Waals surface area contributed by atoms with Crippen LogP contribution in [0.4, 0.5) is 11.4 Å². The lowest BCUT2D eigenvalue weighted by atomic mass is 10.2. The van der Waals surface area contributed by atoms with Gasteiger partial charge in [-0.25, -0.2) is 4.79 Å². The number of carbonyl (C=O) groups is 3. The molecule has 2 amide bonds. The van der Waals surface area contributed by atoms with Gasteiger partial charge in [0.1, 0.15) is 12.3 Å². The van der Waals surface area contributed by atoms with Crippen LogP contribution >= 0.6 is 0 Å². The van der Waals surface area contributed by atoms with Crippen LogP contribution in [0.2, 0.25) is 0 Å². The van der Waals surface area contributed by atoms with Gasteiger partial charge in [0.2, 0.25) is 11.8 Å². The summed E-state index contributed by atoms with van der Waals surface area (Å²) < 4.78 is 9.87. The lowest BCUT2D eigenvalue weighted by Crippen LogP contribution is -2.36. The van der Waals surface area contributed by atoms with Crippen LogP contribution in [0.3, 0.4) is 0 Å². The van der Waals surface area contributed by atoms with E-state index < -0.39 is 11.9 Å². The van der Waals surface area contributed by atoms with Crippen molar-refractivity contribution in [2.24, 2.45) is 0 Å². The Labute approximate surface area is 151 Å². The average molecular weight is 356 g/mol. The summed E-state index contributed by atoms with van der Waals surface area (Å²) in [6, 6.07) is 13.3. The zero-order valence-electron chi connectivity index (χ0n) is 14.8. The lowest BCUT2D eigenvalue weighted by molar-refractivity contribution is -0.120. The van der Waals surface area contributed by atoms with Gasteiger partial charge in [0.15, 0.2) is 0 Å². The monoisotopic (exact) mass is 356 g/mol. The number of amides is 2. The molecule has 2 aromatic carbocycles. The highest BCUT2D eigenvalue weighted by Gasteiger charge is 2.18. The van der Waals surface area contributed by atoms with Gasteiger partial charge in [0.05, 0.1) is 25.5 Å². The second kappa shape index (κ2) is 8.66. The van der Waals surface area contributed by atoms with Crippen molar-refractivity contribution < 1.29 is 23.9 Å². The van der Waals surface area contributed by atoms with Crippen molar-refractivity contribution in [2.75, 3.05) is 31.0 Å². The van der Waals surface area contributed by atoms with Gasteiger partial charge in [-0.15, -0.1) is 0 Å². The standard InChI is InChI=1S/C19H20N2O5/c1-13(22)21(15-8-6-7-14(11-15)19(24)26-3)12-18(23)20-16-9-4-5-10-17(16)25-2/h4-11H,12H2,1-3H3,(H,20,23). The predicted molar refractivity (Wildman–Crippen MR) is 97.4 cm³/mol. The van der Waals surface area contributed by atoms with Crippen LogP contribution in [0.15, 0.2) is 48.5 Å². The summed E-state index contributed by atoms with van der Waals surface area (Å²) >= 11 is 0. The number of anilines is 2. The Hall–Kier alpha value is -3.35. The van der Waals surface area contributed by atoms with E-state index in [0.717, 1.165) is 0 Å². The van der Waals surface area contributed by atoms with Crippen molar-refractivity contribution in [1.29, 1.82) is 0 Å². The third kappa shape index (κ3) is 4.60. The maximum atomic E-state index is 12.4. The number of hydrogen-bond donors (Lipinski definition) is 1. The van der Waals surface area contributed by atoms with Gasteiger partial charge in [0.25, 0.3) is 0 Å². The van der Waals surface area contributed by atoms with Gasteiger partial charge in [-0.2, -0.15) is 0 Å². The maximum Gasteiger partial charge on any atom is 0.337 e. The number of nitrogens with one attached hydrogen (secondary N) is 1. The molecule has 0 heterocycles. The van der Waals surface area contributed by atoms with Crippen LogP contribution < -0.4 is 15.0 Å². The Bertz CT molecular complexity index is 819. The van der Waals surface area contributed by atoms with E-state index in [1.54, 1.807) is 42.5 Å². The van der Waals surface area contributed by atoms with Crippen molar-refractivity contribution in [3.8, 4) is 5.75 Å². The Morgan fingerprint density at radius 3 is 2.42 bits per heavy atom. The number of nitrogens with zero attached hydrogens (tertiary/aromatic N) is 1. The van der Waals surface area contributed by atoms with E-state index in [1.807, 2.05) is 0 Å². The molecule has 0 aromatic heterocycles. The Balaban J connectivity index is 2.19. The van der Waals surface area contributed by atoms with Gasteiger partial charge < -0.3 is 19.7 Å². The average Bonchev–Trinajstić information content (AvgIpc) is 2.65. The van der Waals surface area contributed by atoms with E-state index in [4.69, 9.17) is 4.74 Å². The summed E-state index contributed by atoms with van der Waals surface area (Å²) in [5.74, 6) is -0.730. The number of hydrogen-bond acceptors (Lipinski definition) is 5. The van der Waals surface area contributed by atoms with Crippen LogP contribution in [0.1, 0.15) is 17.3 Å². The number of ether oxygens (including phenoxy) is 2. The summed E-state index contributed by atoms with van der Waals surface area (Å²) in [5, 5.41) is 2.72. The minimum atomic E-state index is -0.520. The molecule has 0 saturated heterocycles. The SMILES string of the molecule is COC(=O)c1cccc(N(CC(=O)Nc2ccccc2OC)C(C)=O)c1. The van der Waals surface area contributed by atoms with Crippen LogP contribution in [0.25, 0.3) is 0 Å². The first kappa shape index (κ1) is 19.0. The molecule has 26 heavy (non-hydrogen) atoms. The van der Waals surface area contributed by atoms with E-state index in [9.17, 15) is 14.4 Å². The van der Waals surface area contributed by atoms with E-state index >= 15 is 0 Å². The highest BCUT2D eigenvalue weighted by Crippen LogP contribution is 2.23. The smallest absolute Gasteiger partial charge is 0.337 e. The molecule has 0 aliphatic rings. The van der Waals surface area contributed by atoms with E-state index in [1.165, 1.54) is 32.1 Å². The van der Waals surface area contributed by atoms with Crippen LogP contribution in [0, 0.1) is 0 Å². The summed E-state index contributed by atoms with van der Waals surface area (Å²) in [5.41, 5.74) is 1.23. The Morgan fingerprint density at radius 1 is 1.04 bits per heavy atom. The second-order valence-corrected chi connectivity index (χ2v) is 5.40. The number of para-hydroxylation sites is 2. The number of benzene rings is 2. The predicted octanol–water partition coefficient (Wildman–Crippen LogP) is 2.47. The summed E-state index contributed by atoms with van der Waals surface area (Å²) in [7, 11) is 2.78. The fourth-order valence-electron chi connectivity index (χ4n) is 2.38. The number of rotatable bonds is 6. The van der Waals surface area contributed by atoms with Gasteiger partial charge in [-0.1, -0.05) is 18.2 Å². The van der Waals surface area contributed by atoms with Crippen molar-refractivity contribution in [3.63, 3.8) is 0 Å². The zero-order valence-corrected chi connectivity index (χ0v) is 14.8. The molecule has 2 rings (SSSR count). The molecule has 7 nitrogen and oxygen atoms in total. The molecule has 0 bridgehead atoms. The van der Waals surface area contributed by atoms with Gasteiger partial charge >= 0.3 is 5.97 Å². The molecule has 0 radical (unpaired) electrons. The topological polar surface area (TPSA) is 84.9 Å². The normalized spacial score (nSPS) is 9.96. The molecule has 0 spiro atoms. The number of esters is 1. The molecular formula is C19H20N2O5. The Morgan fingerprint density at radius 2 is 1.77 bits per heavy atom. The first-order chi connectivity index (χ1) is 12.5. The van der Waals surface area contributed by atoms with E-state index in [2.05, 4.69) is 10.1 Å². The Kier molecular flexibility index (Phi) is 6.32. The van der Waals surface area contributed by atoms with Crippen LogP contribution in [-0.4, -0.2) is 38.5 Å². The summed E-state index contributed by atoms with van der Waals surface area (Å²) in [6.07, 6.45) is 0. The molecule has 7 heteroatoms. The number of methoxy groups -OCH3 is 2. The van der Waals surface area contributed by atoms with Crippen LogP contribution in [-0.2, 0) is 14.3 Å². The first-order valence-electron chi connectivity index (χ1n) is 7.85. The van der Waals surface area contributed by atoms with Gasteiger partial charge in [-0.3, -0.25) is 9.59 Å². The number of carbonyl (C=O) groups excluding carboxylic acids is 3. The van der Waals surface area contributed by atoms with Crippen molar-refractivity contribution >= 4 is 29.2 Å². The van der Waals surface area contributed by atoms with Gasteiger partial charge in [0, 0.05) is 12.6 Å². The van der Waals surface area contributed by atoms with E-state index in [0.29, 0.717) is 22.7 Å². The second-order valence-electron chi connectivity index (χ2n) is 5.40. The van der Waals surface area contributed by atoms with Crippen molar-refractivity contribution in [3.05, 3.63) is 54.1 Å². The zero-order chi connectivity index (χ0) is 19.1. The fourth-order valence-corrected chi connectivity index (χ4v) is 2.38. The third-order valence-electron chi connectivity index (χ3n) is 3.64. The molecule has 0 atom stereocenters. The van der Waals surface area contributed by atoms with Crippen molar-refractivity contribution in [1.82, 2.24) is 0 Å². The highest BCUT2D eigenvalue weighted by atomic mass is 16.5. The third-order valence-corrected chi connectivity index (χ3v) is 3.64. The molecule has 0 aliphatic carbocycles. The fraction of sp³-hybridized carbons (Fsp3) is 0.211. The summed E-state index contributed by atoms with van der Waals surface area (Å²) in [4.78, 5) is 37.4. The first-order valence-corrected chi connectivity index (χ1v) is 7.85. The molecule has 0 fully saturated rings. The maximum absolute atomic E-state index is 12.4. The molecule has 0 unspecified atom stereocenters. The highest BCUT2D eigenvalue weighted by molar-refractivity contribution is 6.03. The largest absolute Gasteiger partial charge is 0.495 e. The minimum absolute atomic E-state index is 0.210. The molecule has 1 N–H and O–H groups in total. The van der Waals surface area contributed by atoms with Gasteiger partial charge in [-0.05, 0) is 30.3 Å². The molecule has 0 aliphatic heterocycles. The van der Waals surface area contributed by atoms with E-state index in [-0.39, 0.29) is 12.5 Å². The van der Waals surface area contributed by atoms with Crippen LogP contribution in [0.5, 0.6) is 5.75 Å². The van der Waals surface area contributed by atoms with Crippen molar-refractivity contribution in [2.45, 2.75) is 6.92 Å². The molecule has 0 saturated carbocycles. The summed E-state index contributed by atoms with van der Waals surface area (Å²) in [6.45, 7) is 1.14.